The molecule has 0 spiro atoms. The molecule has 0 bridgehead atoms. The summed E-state index contributed by atoms with van der Waals surface area (Å²) in [5.41, 5.74) is 2.06. The van der Waals surface area contributed by atoms with Crippen LogP contribution in [0.1, 0.15) is 51.7 Å². The Balaban J connectivity index is 2.49. The quantitative estimate of drug-likeness (QED) is 0.437. The number of sulfonamides is 1. The standard InChI is InChI=1S/C27H39N3O5S/c1-7-20(4)28-27(32)24(9-3)29(18-21-13-12-15-23(17-21)35-5)26(31)19-30(36(6,33)34)25-16-11-10-14-22(25)8-2/h10-17,20,24H,7-9,18-19H2,1-6H3,(H,28,32)/t20-,24-/m0/s1. The van der Waals surface area contributed by atoms with Gasteiger partial charge in [0, 0.05) is 12.6 Å². The van der Waals surface area contributed by atoms with Crippen LogP contribution in [0.15, 0.2) is 48.5 Å². The van der Waals surface area contributed by atoms with E-state index in [0.29, 0.717) is 24.3 Å². The molecule has 2 aromatic carbocycles. The number of hydrogen-bond donors (Lipinski definition) is 1. The summed E-state index contributed by atoms with van der Waals surface area (Å²) in [5.74, 6) is -0.0881. The molecule has 36 heavy (non-hydrogen) atoms. The van der Waals surface area contributed by atoms with Crippen molar-refractivity contribution in [1.82, 2.24) is 10.2 Å². The number of para-hydroxylation sites is 1. The Morgan fingerprint density at radius 1 is 1.03 bits per heavy atom. The fourth-order valence-electron chi connectivity index (χ4n) is 3.98. The fraction of sp³-hybridized carbons (Fsp3) is 0.481. The number of nitrogens with zero attached hydrogens (tertiary/aromatic N) is 2. The number of amides is 2. The van der Waals surface area contributed by atoms with Crippen LogP contribution in [0, 0.1) is 0 Å². The Morgan fingerprint density at radius 2 is 1.72 bits per heavy atom. The van der Waals surface area contributed by atoms with Gasteiger partial charge in [0.1, 0.15) is 18.3 Å². The smallest absolute Gasteiger partial charge is 0.244 e. The molecule has 8 nitrogen and oxygen atoms in total. The van der Waals surface area contributed by atoms with Gasteiger partial charge in [-0.2, -0.15) is 0 Å². The highest BCUT2D eigenvalue weighted by molar-refractivity contribution is 7.92. The van der Waals surface area contributed by atoms with Crippen molar-refractivity contribution in [3.05, 3.63) is 59.7 Å². The minimum absolute atomic E-state index is 0.0516. The zero-order valence-electron chi connectivity index (χ0n) is 22.2. The van der Waals surface area contributed by atoms with E-state index in [1.54, 1.807) is 31.4 Å². The number of anilines is 1. The Labute approximate surface area is 215 Å². The number of carbonyl (C=O) groups is 2. The predicted molar refractivity (Wildman–Crippen MR) is 144 cm³/mol. The van der Waals surface area contributed by atoms with Crippen LogP contribution in [-0.2, 0) is 32.6 Å². The molecule has 0 aromatic heterocycles. The van der Waals surface area contributed by atoms with Crippen molar-refractivity contribution in [2.24, 2.45) is 0 Å². The monoisotopic (exact) mass is 517 g/mol. The molecule has 0 heterocycles. The van der Waals surface area contributed by atoms with Gasteiger partial charge in [0.05, 0.1) is 19.1 Å². The highest BCUT2D eigenvalue weighted by Crippen LogP contribution is 2.25. The second-order valence-corrected chi connectivity index (χ2v) is 10.8. The van der Waals surface area contributed by atoms with Gasteiger partial charge in [-0.25, -0.2) is 8.42 Å². The molecule has 2 aromatic rings. The van der Waals surface area contributed by atoms with Crippen LogP contribution in [0.25, 0.3) is 0 Å². The normalized spacial score (nSPS) is 12.9. The number of hydrogen-bond acceptors (Lipinski definition) is 5. The summed E-state index contributed by atoms with van der Waals surface area (Å²) in [6.07, 6.45) is 2.83. The second kappa shape index (κ2) is 13.3. The van der Waals surface area contributed by atoms with Crippen LogP contribution in [0.2, 0.25) is 0 Å². The number of carbonyl (C=O) groups excluding carboxylic acids is 2. The van der Waals surface area contributed by atoms with E-state index in [-0.39, 0.29) is 18.5 Å². The molecule has 2 rings (SSSR count). The zero-order chi connectivity index (χ0) is 26.9. The minimum atomic E-state index is -3.77. The molecule has 0 aliphatic carbocycles. The van der Waals surface area contributed by atoms with Gasteiger partial charge >= 0.3 is 0 Å². The molecule has 198 valence electrons. The average molecular weight is 518 g/mol. The highest BCUT2D eigenvalue weighted by atomic mass is 32.2. The van der Waals surface area contributed by atoms with E-state index >= 15 is 0 Å². The van der Waals surface area contributed by atoms with E-state index in [0.717, 1.165) is 28.1 Å². The van der Waals surface area contributed by atoms with E-state index in [9.17, 15) is 18.0 Å². The lowest BCUT2D eigenvalue weighted by Gasteiger charge is -2.33. The summed E-state index contributed by atoms with van der Waals surface area (Å²) in [7, 11) is -2.21. The third kappa shape index (κ3) is 7.71. The van der Waals surface area contributed by atoms with Gasteiger partial charge in [0.2, 0.25) is 21.8 Å². The van der Waals surface area contributed by atoms with Crippen molar-refractivity contribution in [3.63, 3.8) is 0 Å². The van der Waals surface area contributed by atoms with Crippen LogP contribution in [0.3, 0.4) is 0 Å². The summed E-state index contributed by atoms with van der Waals surface area (Å²) >= 11 is 0. The van der Waals surface area contributed by atoms with Gasteiger partial charge in [-0.3, -0.25) is 13.9 Å². The SMILES string of the molecule is CCc1ccccc1N(CC(=O)N(Cc1cccc(OC)c1)[C@@H](CC)C(=O)N[C@@H](C)CC)S(C)(=O)=O. The average Bonchev–Trinajstić information content (AvgIpc) is 2.86. The first-order chi connectivity index (χ1) is 17.0. The molecule has 0 aliphatic rings. The number of methoxy groups -OCH3 is 1. The number of benzene rings is 2. The van der Waals surface area contributed by atoms with Crippen LogP contribution in [0.5, 0.6) is 5.75 Å². The van der Waals surface area contributed by atoms with Gasteiger partial charge in [0.15, 0.2) is 0 Å². The summed E-state index contributed by atoms with van der Waals surface area (Å²) in [4.78, 5) is 28.5. The van der Waals surface area contributed by atoms with Crippen LogP contribution in [-0.4, -0.2) is 57.1 Å². The lowest BCUT2D eigenvalue weighted by atomic mass is 10.1. The molecule has 0 saturated carbocycles. The number of aryl methyl sites for hydroxylation is 1. The largest absolute Gasteiger partial charge is 0.497 e. The third-order valence-electron chi connectivity index (χ3n) is 6.19. The predicted octanol–water partition coefficient (Wildman–Crippen LogP) is 3.75. The molecule has 0 radical (unpaired) electrons. The second-order valence-electron chi connectivity index (χ2n) is 8.87. The van der Waals surface area contributed by atoms with Gasteiger partial charge in [-0.15, -0.1) is 0 Å². The Kier molecular flexibility index (Phi) is 10.8. The van der Waals surface area contributed by atoms with Crippen molar-refractivity contribution in [2.45, 2.75) is 65.6 Å². The van der Waals surface area contributed by atoms with E-state index in [4.69, 9.17) is 4.74 Å². The maximum Gasteiger partial charge on any atom is 0.244 e. The van der Waals surface area contributed by atoms with Crippen LogP contribution < -0.4 is 14.4 Å². The minimum Gasteiger partial charge on any atom is -0.497 e. The van der Waals surface area contributed by atoms with E-state index < -0.39 is 28.5 Å². The van der Waals surface area contributed by atoms with Gasteiger partial charge < -0.3 is 15.0 Å². The summed E-state index contributed by atoms with van der Waals surface area (Å²) in [6, 6.07) is 13.6. The van der Waals surface area contributed by atoms with Gasteiger partial charge in [0.25, 0.3) is 0 Å². The topological polar surface area (TPSA) is 96.0 Å². The first-order valence-electron chi connectivity index (χ1n) is 12.3. The van der Waals surface area contributed by atoms with E-state index in [2.05, 4.69) is 5.32 Å². The zero-order valence-corrected chi connectivity index (χ0v) is 23.0. The highest BCUT2D eigenvalue weighted by Gasteiger charge is 2.32. The molecule has 0 saturated heterocycles. The van der Waals surface area contributed by atoms with Crippen LogP contribution >= 0.6 is 0 Å². The lowest BCUT2D eigenvalue weighted by molar-refractivity contribution is -0.140. The van der Waals surface area contributed by atoms with Crippen molar-refractivity contribution < 1.29 is 22.7 Å². The maximum atomic E-state index is 13.8. The van der Waals surface area contributed by atoms with E-state index in [1.165, 1.54) is 4.90 Å². The number of ether oxygens (including phenoxy) is 1. The first-order valence-corrected chi connectivity index (χ1v) is 14.2. The maximum absolute atomic E-state index is 13.8. The number of rotatable bonds is 13. The van der Waals surface area contributed by atoms with Crippen molar-refractivity contribution >= 4 is 27.5 Å². The fourth-order valence-corrected chi connectivity index (χ4v) is 4.86. The molecule has 1 N–H and O–H groups in total. The molecule has 0 fully saturated rings. The van der Waals surface area contributed by atoms with Gasteiger partial charge in [-0.05, 0) is 55.5 Å². The Bertz CT molecular complexity index is 1140. The first kappa shape index (κ1) is 29.2. The molecule has 2 atom stereocenters. The van der Waals surface area contributed by atoms with Crippen molar-refractivity contribution in [2.75, 3.05) is 24.2 Å². The van der Waals surface area contributed by atoms with Crippen molar-refractivity contribution in [3.8, 4) is 5.75 Å². The van der Waals surface area contributed by atoms with Crippen molar-refractivity contribution in [1.29, 1.82) is 0 Å². The van der Waals surface area contributed by atoms with E-state index in [1.807, 2.05) is 52.0 Å². The molecule has 0 unspecified atom stereocenters. The van der Waals surface area contributed by atoms with Crippen LogP contribution in [0.4, 0.5) is 5.69 Å². The third-order valence-corrected chi connectivity index (χ3v) is 7.32. The number of nitrogens with one attached hydrogen (secondary N) is 1. The lowest BCUT2D eigenvalue weighted by Crippen LogP contribution is -2.53. The molecule has 9 heteroatoms. The molecule has 2 amide bonds. The Morgan fingerprint density at radius 3 is 2.31 bits per heavy atom. The summed E-state index contributed by atoms with van der Waals surface area (Å²) in [6.45, 7) is 7.38. The summed E-state index contributed by atoms with van der Waals surface area (Å²) < 4.78 is 32.1. The van der Waals surface area contributed by atoms with Gasteiger partial charge in [-0.1, -0.05) is 51.1 Å². The molecular formula is C27H39N3O5S. The Hall–Kier alpha value is -3.07. The molecule has 0 aliphatic heterocycles. The molecular weight excluding hydrogens is 478 g/mol. The summed E-state index contributed by atoms with van der Waals surface area (Å²) in [5, 5.41) is 2.97.